The third-order valence-corrected chi connectivity index (χ3v) is 6.97. The van der Waals surface area contributed by atoms with Crippen molar-refractivity contribution >= 4 is 6.29 Å². The maximum atomic E-state index is 11.4. The number of rotatable bonds is 9. The number of hydrogen-bond donors (Lipinski definition) is 1. The van der Waals surface area contributed by atoms with Crippen LogP contribution in [-0.2, 0) is 14.9 Å². The van der Waals surface area contributed by atoms with Gasteiger partial charge in [-0.05, 0) is 48.9 Å². The lowest BCUT2D eigenvalue weighted by Gasteiger charge is -2.17. The van der Waals surface area contributed by atoms with E-state index in [4.69, 9.17) is 9.26 Å². The first kappa shape index (κ1) is 23.2. The molecule has 1 aliphatic rings. The lowest BCUT2D eigenvalue weighted by atomic mass is 9.94. The van der Waals surface area contributed by atoms with Crippen LogP contribution in [0.4, 0.5) is 0 Å². The predicted molar refractivity (Wildman–Crippen MR) is 135 cm³/mol. The quantitative estimate of drug-likeness (QED) is 0.290. The number of hydrogen-bond acceptors (Lipinski definition) is 5. The van der Waals surface area contributed by atoms with Crippen molar-refractivity contribution < 1.29 is 19.2 Å². The fourth-order valence-electron chi connectivity index (χ4n) is 4.53. The summed E-state index contributed by atoms with van der Waals surface area (Å²) in [6.45, 7) is 3.93. The van der Waals surface area contributed by atoms with Crippen LogP contribution in [0.25, 0.3) is 22.5 Å². The van der Waals surface area contributed by atoms with Crippen molar-refractivity contribution in [2.75, 3.05) is 6.61 Å². The molecule has 2 atom stereocenters. The Bertz CT molecular complexity index is 1290. The zero-order chi connectivity index (χ0) is 24.4. The average Bonchev–Trinajstić information content (AvgIpc) is 3.62. The normalized spacial score (nSPS) is 16.0. The smallest absolute Gasteiger partial charge is 0.173 e. The molecule has 5 heteroatoms. The molecule has 1 N–H and O–H groups in total. The number of aliphatic hydroxyl groups is 1. The van der Waals surface area contributed by atoms with Crippen molar-refractivity contribution in [3.05, 3.63) is 101 Å². The first-order valence-corrected chi connectivity index (χ1v) is 12.0. The van der Waals surface area contributed by atoms with E-state index < -0.39 is 6.10 Å². The van der Waals surface area contributed by atoms with Gasteiger partial charge in [0.25, 0.3) is 0 Å². The van der Waals surface area contributed by atoms with E-state index >= 15 is 0 Å². The summed E-state index contributed by atoms with van der Waals surface area (Å²) in [5.74, 6) is 0.550. The summed E-state index contributed by atoms with van der Waals surface area (Å²) >= 11 is 0. The standard InChI is InChI=1S/C30H29NO4/c1-20-28(27(33)18-34-21(2)22-6-4-3-5-7-22)29(35-31-20)25-10-8-23(9-11-25)24-12-14-26(15-13-24)30(19-32)16-17-30/h3-15,19,21,27,33H,16-18H2,1-2H3/t21-,27-/m1/s1. The molecule has 0 unspecified atom stereocenters. The number of ether oxygens (including phenoxy) is 1. The third-order valence-electron chi connectivity index (χ3n) is 6.97. The molecular formula is C30H29NO4. The highest BCUT2D eigenvalue weighted by Gasteiger charge is 2.44. The minimum atomic E-state index is -0.859. The number of aldehydes is 1. The van der Waals surface area contributed by atoms with E-state index in [1.54, 1.807) is 0 Å². The molecule has 0 spiro atoms. The van der Waals surface area contributed by atoms with E-state index in [1.165, 1.54) is 0 Å². The van der Waals surface area contributed by atoms with Crippen molar-refractivity contribution in [3.8, 4) is 22.5 Å². The fraction of sp³-hybridized carbons (Fsp3) is 0.267. The lowest BCUT2D eigenvalue weighted by Crippen LogP contribution is -2.11. The summed E-state index contributed by atoms with van der Waals surface area (Å²) in [5.41, 5.74) is 6.17. The van der Waals surface area contributed by atoms with Gasteiger partial charge in [-0.1, -0.05) is 84.0 Å². The Hall–Kier alpha value is -3.54. The average molecular weight is 468 g/mol. The van der Waals surface area contributed by atoms with E-state index in [1.807, 2.05) is 68.4 Å². The monoisotopic (exact) mass is 467 g/mol. The Labute approximate surface area is 205 Å². The van der Waals surface area contributed by atoms with Gasteiger partial charge in [0, 0.05) is 5.56 Å². The third kappa shape index (κ3) is 4.70. The number of aromatic nitrogens is 1. The summed E-state index contributed by atoms with van der Waals surface area (Å²) in [6.07, 6.45) is 1.95. The van der Waals surface area contributed by atoms with Crippen LogP contribution in [-0.4, -0.2) is 23.2 Å². The molecule has 1 saturated carbocycles. The number of carbonyl (C=O) groups excluding carboxylic acids is 1. The van der Waals surface area contributed by atoms with Crippen molar-refractivity contribution in [1.82, 2.24) is 5.16 Å². The number of aryl methyl sites for hydroxylation is 1. The second-order valence-corrected chi connectivity index (χ2v) is 9.34. The molecule has 0 radical (unpaired) electrons. The number of nitrogens with zero attached hydrogens (tertiary/aromatic N) is 1. The first-order chi connectivity index (χ1) is 17.0. The van der Waals surface area contributed by atoms with Gasteiger partial charge in [0.05, 0.1) is 29.4 Å². The van der Waals surface area contributed by atoms with E-state index in [9.17, 15) is 9.90 Å². The van der Waals surface area contributed by atoms with Crippen LogP contribution in [0.3, 0.4) is 0 Å². The van der Waals surface area contributed by atoms with Crippen LogP contribution in [0.2, 0.25) is 0 Å². The summed E-state index contributed by atoms with van der Waals surface area (Å²) < 4.78 is 11.6. The maximum absolute atomic E-state index is 11.4. The number of benzene rings is 3. The van der Waals surface area contributed by atoms with Crippen molar-refractivity contribution in [2.24, 2.45) is 0 Å². The van der Waals surface area contributed by atoms with Gasteiger partial charge in [0.15, 0.2) is 5.76 Å². The minimum absolute atomic E-state index is 0.137. The Morgan fingerprint density at radius 2 is 1.57 bits per heavy atom. The van der Waals surface area contributed by atoms with Crippen molar-refractivity contribution in [2.45, 2.75) is 44.3 Å². The molecular weight excluding hydrogens is 438 g/mol. The highest BCUT2D eigenvalue weighted by molar-refractivity contribution is 5.75. The van der Waals surface area contributed by atoms with Crippen LogP contribution in [0.1, 0.15) is 54.4 Å². The van der Waals surface area contributed by atoms with Gasteiger partial charge in [-0.3, -0.25) is 0 Å². The van der Waals surface area contributed by atoms with E-state index in [-0.39, 0.29) is 18.1 Å². The van der Waals surface area contributed by atoms with Crippen LogP contribution in [0.5, 0.6) is 0 Å². The molecule has 0 amide bonds. The summed E-state index contributed by atoms with van der Waals surface area (Å²) in [4.78, 5) is 11.4. The maximum Gasteiger partial charge on any atom is 0.173 e. The van der Waals surface area contributed by atoms with Gasteiger partial charge < -0.3 is 19.2 Å². The molecule has 1 aliphatic carbocycles. The zero-order valence-corrected chi connectivity index (χ0v) is 20.0. The van der Waals surface area contributed by atoms with Crippen LogP contribution >= 0.6 is 0 Å². The van der Waals surface area contributed by atoms with E-state index in [2.05, 4.69) is 29.4 Å². The van der Waals surface area contributed by atoms with Crippen LogP contribution < -0.4 is 0 Å². The van der Waals surface area contributed by atoms with Gasteiger partial charge in [-0.15, -0.1) is 0 Å². The Morgan fingerprint density at radius 3 is 2.17 bits per heavy atom. The molecule has 5 nitrogen and oxygen atoms in total. The molecule has 1 fully saturated rings. The summed E-state index contributed by atoms with van der Waals surface area (Å²) in [6, 6.07) is 26.2. The number of aliphatic hydroxyl groups excluding tert-OH is 1. The van der Waals surface area contributed by atoms with Gasteiger partial charge in [-0.25, -0.2) is 0 Å². The van der Waals surface area contributed by atoms with Crippen LogP contribution in [0, 0.1) is 6.92 Å². The molecule has 0 bridgehead atoms. The SMILES string of the molecule is Cc1noc(-c2ccc(-c3ccc(C4(C=O)CC4)cc3)cc2)c1[C@H](O)CO[C@H](C)c1ccccc1. The molecule has 3 aromatic carbocycles. The molecule has 1 aromatic heterocycles. The second kappa shape index (κ2) is 9.61. The Kier molecular flexibility index (Phi) is 6.37. The summed E-state index contributed by atoms with van der Waals surface area (Å²) in [5, 5.41) is 15.0. The second-order valence-electron chi connectivity index (χ2n) is 9.34. The summed E-state index contributed by atoms with van der Waals surface area (Å²) in [7, 11) is 0. The highest BCUT2D eigenvalue weighted by atomic mass is 16.5. The van der Waals surface area contributed by atoms with E-state index in [0.717, 1.165) is 46.9 Å². The zero-order valence-electron chi connectivity index (χ0n) is 20.0. The molecule has 178 valence electrons. The largest absolute Gasteiger partial charge is 0.386 e. The van der Waals surface area contributed by atoms with Crippen LogP contribution in [0.15, 0.2) is 83.4 Å². The Balaban J connectivity index is 1.31. The van der Waals surface area contributed by atoms with Gasteiger partial charge in [-0.2, -0.15) is 0 Å². The lowest BCUT2D eigenvalue weighted by molar-refractivity contribution is -0.109. The molecule has 35 heavy (non-hydrogen) atoms. The predicted octanol–water partition coefficient (Wildman–Crippen LogP) is 6.36. The topological polar surface area (TPSA) is 72.6 Å². The van der Waals surface area contributed by atoms with Gasteiger partial charge in [0.1, 0.15) is 12.4 Å². The van der Waals surface area contributed by atoms with E-state index in [0.29, 0.717) is 17.0 Å². The van der Waals surface area contributed by atoms with Crippen molar-refractivity contribution in [3.63, 3.8) is 0 Å². The molecule has 5 rings (SSSR count). The van der Waals surface area contributed by atoms with Gasteiger partial charge >= 0.3 is 0 Å². The highest BCUT2D eigenvalue weighted by Crippen LogP contribution is 2.46. The molecule has 0 aliphatic heterocycles. The minimum Gasteiger partial charge on any atom is -0.386 e. The Morgan fingerprint density at radius 1 is 0.971 bits per heavy atom. The van der Waals surface area contributed by atoms with Gasteiger partial charge in [0.2, 0.25) is 0 Å². The molecule has 0 saturated heterocycles. The van der Waals surface area contributed by atoms with Crippen molar-refractivity contribution in [1.29, 1.82) is 0 Å². The molecule has 1 heterocycles. The first-order valence-electron chi connectivity index (χ1n) is 12.0. The molecule has 4 aromatic rings. The number of carbonyl (C=O) groups is 1. The fourth-order valence-corrected chi connectivity index (χ4v) is 4.53.